The normalized spacial score (nSPS) is 39.9. The zero-order valence-corrected chi connectivity index (χ0v) is 28.5. The number of hydrogen-bond acceptors (Lipinski definition) is 9. The predicted molar refractivity (Wildman–Crippen MR) is 129 cm³/mol. The Morgan fingerprint density at radius 1 is 1.18 bits per heavy atom. The molecule has 0 unspecified atom stereocenters. The molecule has 1 amide bonds. The van der Waals surface area contributed by atoms with Crippen LogP contribution in [0.2, 0.25) is 0 Å². The first-order valence-electron chi connectivity index (χ1n) is 13.3. The predicted octanol–water partition coefficient (Wildman–Crippen LogP) is -5.36. The maximum atomic E-state index is 12.0. The zero-order chi connectivity index (χ0) is 27.3. The summed E-state index contributed by atoms with van der Waals surface area (Å²) in [6.45, 7) is 5.80. The molecule has 4 aliphatic rings. The third-order valence-corrected chi connectivity index (χ3v) is 11.0. The second-order valence-electron chi connectivity index (χ2n) is 12.2. The number of carboxylic acid groups (broad SMARTS) is 1. The van der Waals surface area contributed by atoms with Crippen LogP contribution in [0.25, 0.3) is 0 Å². The van der Waals surface area contributed by atoms with E-state index in [-0.39, 0.29) is 113 Å². The number of hydrogen-bond donors (Lipinski definition) is 3. The van der Waals surface area contributed by atoms with Crippen LogP contribution in [0.4, 0.5) is 0 Å². The molecule has 3 saturated carbocycles. The average Bonchev–Trinajstić information content (AvgIpc) is 3.15. The van der Waals surface area contributed by atoms with Gasteiger partial charge in [0.05, 0.1) is 30.8 Å². The molecule has 0 aliphatic heterocycles. The Kier molecular flexibility index (Phi) is 12.3. The van der Waals surface area contributed by atoms with E-state index in [2.05, 4.69) is 26.1 Å². The Balaban J connectivity index is 0.00000267. The molecule has 39 heavy (non-hydrogen) atoms. The Hall–Kier alpha value is 0.470. The van der Waals surface area contributed by atoms with Gasteiger partial charge >= 0.3 is 59.1 Å². The van der Waals surface area contributed by atoms with E-state index in [0.29, 0.717) is 25.7 Å². The molecule has 0 spiro atoms. The molecule has 0 aromatic heterocycles. The molecule has 0 radical (unpaired) electrons. The summed E-state index contributed by atoms with van der Waals surface area (Å²) in [4.78, 5) is 22.6. The summed E-state index contributed by atoms with van der Waals surface area (Å²) in [5.74, 6) is -1.34. The quantitative estimate of drug-likeness (QED) is 0.108. The third-order valence-electron chi connectivity index (χ3n) is 10.5. The van der Waals surface area contributed by atoms with Crippen LogP contribution >= 0.6 is 0 Å². The Labute approximate surface area is 275 Å². The fraction of sp³-hybridized carbons (Fsp3) is 0.846. The topological polar surface area (TPSA) is 176 Å². The first-order valence-corrected chi connectivity index (χ1v) is 14.7. The van der Waals surface area contributed by atoms with Crippen LogP contribution < -0.4 is 69.5 Å². The van der Waals surface area contributed by atoms with E-state index >= 15 is 0 Å². The molecule has 0 aromatic carbocycles. The van der Waals surface area contributed by atoms with E-state index in [1.807, 2.05) is 6.08 Å². The standard InChI is InChI=1S/C26H41NO9S.2Na/c1-14(4-7-22(30)27-13-23(31)32)17-5-6-18-24-19(12-21(29)26(17,18)3)25(2)9-8-16(36-37(33,34)35)10-15(25)11-20(24)28;;/h11,14,16-21,24,28-29H,4-10,12-13H2,1-3H3,(H,27,30)(H,31,32)(H,33,34,35);;/q;2*+1/p-2/t14-,16+,17-,18+,19+,20-,21+,24+,25+,26-;;/m1../s1. The van der Waals surface area contributed by atoms with Crippen molar-refractivity contribution in [2.45, 2.75) is 90.4 Å². The van der Waals surface area contributed by atoms with Crippen molar-refractivity contribution in [1.82, 2.24) is 5.32 Å². The van der Waals surface area contributed by atoms with Gasteiger partial charge in [-0.05, 0) is 85.4 Å². The molecule has 4 aliphatic carbocycles. The minimum Gasteiger partial charge on any atom is -0.726 e. The summed E-state index contributed by atoms with van der Waals surface area (Å²) in [7, 11) is -4.81. The molecule has 3 N–H and O–H groups in total. The smallest absolute Gasteiger partial charge is 0.726 e. The molecule has 0 aromatic rings. The monoisotopic (exact) mass is 587 g/mol. The van der Waals surface area contributed by atoms with E-state index in [4.69, 9.17) is 4.18 Å². The fourth-order valence-corrected chi connectivity index (χ4v) is 9.11. The van der Waals surface area contributed by atoms with E-state index in [1.54, 1.807) is 0 Å². The molecule has 3 fully saturated rings. The van der Waals surface area contributed by atoms with Gasteiger partial charge in [-0.1, -0.05) is 32.4 Å². The van der Waals surface area contributed by atoms with Gasteiger partial charge in [-0.3, -0.25) is 8.98 Å². The number of aliphatic hydroxyl groups excluding tert-OH is 2. The van der Waals surface area contributed by atoms with Crippen LogP contribution in [0.1, 0.15) is 72.1 Å². The van der Waals surface area contributed by atoms with Crippen LogP contribution in [0.5, 0.6) is 0 Å². The van der Waals surface area contributed by atoms with Crippen molar-refractivity contribution in [1.29, 1.82) is 0 Å². The van der Waals surface area contributed by atoms with Gasteiger partial charge in [0.1, 0.15) is 0 Å². The number of nitrogens with one attached hydrogen (secondary N) is 1. The van der Waals surface area contributed by atoms with Gasteiger partial charge in [0, 0.05) is 6.42 Å². The van der Waals surface area contributed by atoms with E-state index in [0.717, 1.165) is 18.4 Å². The summed E-state index contributed by atoms with van der Waals surface area (Å²) >= 11 is 0. The van der Waals surface area contributed by atoms with Gasteiger partial charge in [-0.15, -0.1) is 0 Å². The summed E-state index contributed by atoms with van der Waals surface area (Å²) in [5, 5.41) is 35.9. The van der Waals surface area contributed by atoms with Gasteiger partial charge in [0.15, 0.2) is 0 Å². The number of carbonyl (C=O) groups excluding carboxylic acids is 2. The number of aliphatic carboxylic acids is 1. The molecule has 0 bridgehead atoms. The van der Waals surface area contributed by atoms with E-state index < -0.39 is 46.6 Å². The molecular formula is C26H39NNa2O9S. The summed E-state index contributed by atoms with van der Waals surface area (Å²) in [6.07, 6.45) is 4.10. The second-order valence-corrected chi connectivity index (χ2v) is 13.2. The van der Waals surface area contributed by atoms with Gasteiger partial charge in [0.2, 0.25) is 16.3 Å². The molecule has 10 nitrogen and oxygen atoms in total. The molecule has 0 saturated heterocycles. The summed E-state index contributed by atoms with van der Waals surface area (Å²) in [6, 6.07) is 0. The number of aliphatic hydroxyl groups is 2. The van der Waals surface area contributed by atoms with Gasteiger partial charge < -0.3 is 30.0 Å². The molecular weight excluding hydrogens is 548 g/mol. The van der Waals surface area contributed by atoms with Gasteiger partial charge in [-0.2, -0.15) is 0 Å². The number of fused-ring (bicyclic) bond motifs is 5. The average molecular weight is 588 g/mol. The van der Waals surface area contributed by atoms with E-state index in [1.165, 1.54) is 0 Å². The van der Waals surface area contributed by atoms with Crippen molar-refractivity contribution < 1.29 is 101 Å². The molecule has 13 heteroatoms. The molecule has 0 heterocycles. The third kappa shape index (κ3) is 7.17. The first kappa shape index (κ1) is 35.7. The maximum absolute atomic E-state index is 12.0. The van der Waals surface area contributed by atoms with Crippen LogP contribution in [-0.2, 0) is 24.2 Å². The summed E-state index contributed by atoms with van der Waals surface area (Å²) < 4.78 is 38.2. The van der Waals surface area contributed by atoms with Gasteiger partial charge in [0.25, 0.3) is 0 Å². The minimum absolute atomic E-state index is 0. The largest absolute Gasteiger partial charge is 1.00 e. The number of rotatable bonds is 8. The van der Waals surface area contributed by atoms with E-state index in [9.17, 15) is 37.9 Å². The summed E-state index contributed by atoms with van der Waals surface area (Å²) in [5.41, 5.74) is 0.156. The van der Waals surface area contributed by atoms with Crippen molar-refractivity contribution >= 4 is 22.3 Å². The van der Waals surface area contributed by atoms with Crippen LogP contribution in [0.15, 0.2) is 11.6 Å². The Morgan fingerprint density at radius 2 is 1.85 bits per heavy atom. The molecule has 10 atom stereocenters. The van der Waals surface area contributed by atoms with Crippen LogP contribution in [-0.4, -0.2) is 59.9 Å². The molecule has 4 rings (SSSR count). The fourth-order valence-electron chi connectivity index (χ4n) is 8.62. The second kappa shape index (κ2) is 13.4. The first-order chi connectivity index (χ1) is 17.2. The van der Waals surface area contributed by atoms with Crippen LogP contribution in [0, 0.1) is 40.4 Å². The van der Waals surface area contributed by atoms with Crippen LogP contribution in [0.3, 0.4) is 0 Å². The Bertz CT molecular complexity index is 1060. The zero-order valence-electron chi connectivity index (χ0n) is 23.7. The number of carbonyl (C=O) groups is 2. The minimum atomic E-state index is -4.81. The maximum Gasteiger partial charge on any atom is 1.00 e. The Morgan fingerprint density at radius 3 is 2.46 bits per heavy atom. The van der Waals surface area contributed by atoms with Gasteiger partial charge in [-0.25, -0.2) is 8.42 Å². The van der Waals surface area contributed by atoms with Crippen molar-refractivity contribution in [2.75, 3.05) is 6.54 Å². The molecule has 210 valence electrons. The number of carboxylic acids is 1. The van der Waals surface area contributed by atoms with Crippen molar-refractivity contribution in [2.24, 2.45) is 40.4 Å². The SMILES string of the molecule is C[C@H](CCC(=O)NCC(=O)[O-])[C@H]1CC[C@H]2[C@@H]3[C@H](O)C=C4C[C@@H](OS(=O)(=O)[O-])CC[C@]4(C)[C@H]3C[C@H](O)[C@]12C.[Na+].[Na+]. The van der Waals surface area contributed by atoms with Crippen molar-refractivity contribution in [3.8, 4) is 0 Å². The number of amides is 1. The van der Waals surface area contributed by atoms with Crippen molar-refractivity contribution in [3.63, 3.8) is 0 Å². The van der Waals surface area contributed by atoms with Crippen molar-refractivity contribution in [3.05, 3.63) is 11.6 Å².